The zero-order valence-corrected chi connectivity index (χ0v) is 37.6. The predicted octanol–water partition coefficient (Wildman–Crippen LogP) is 9.45. The van der Waals surface area contributed by atoms with Gasteiger partial charge in [0.2, 0.25) is 0 Å². The van der Waals surface area contributed by atoms with Gasteiger partial charge in [0.25, 0.3) is 0 Å². The molecular formula is C48H62N2O8S2. The van der Waals surface area contributed by atoms with E-state index in [-0.39, 0.29) is 46.1 Å². The Hall–Kier alpha value is -3.84. The van der Waals surface area contributed by atoms with Crippen LogP contribution in [-0.2, 0) is 78.8 Å². The Bertz CT molecular complexity index is 2320. The Labute approximate surface area is 355 Å². The molecule has 12 heteroatoms. The number of rotatable bonds is 16. The number of aryl methyl sites for hydroxylation is 2. The quantitative estimate of drug-likeness (QED) is 0.0859. The topological polar surface area (TPSA) is 183 Å². The van der Waals surface area contributed by atoms with Gasteiger partial charge >= 0.3 is 0 Å². The normalized spacial score (nSPS) is 19.3. The van der Waals surface area contributed by atoms with Gasteiger partial charge in [-0.05, 0) is 160 Å². The van der Waals surface area contributed by atoms with Gasteiger partial charge in [-0.2, -0.15) is 0 Å². The van der Waals surface area contributed by atoms with Crippen LogP contribution in [0.25, 0.3) is 0 Å². The van der Waals surface area contributed by atoms with Gasteiger partial charge < -0.3 is 19.0 Å². The molecule has 8 rings (SSSR count). The van der Waals surface area contributed by atoms with Crippen molar-refractivity contribution in [2.45, 2.75) is 152 Å². The van der Waals surface area contributed by atoms with E-state index < -0.39 is 30.7 Å². The van der Waals surface area contributed by atoms with Crippen LogP contribution in [-0.4, -0.2) is 41.7 Å². The molecule has 60 heavy (non-hydrogen) atoms. The van der Waals surface area contributed by atoms with E-state index in [4.69, 9.17) is 18.4 Å². The third-order valence-corrected chi connectivity index (χ3v) is 16.4. The summed E-state index contributed by atoms with van der Waals surface area (Å²) in [6, 6.07) is 11.7. The van der Waals surface area contributed by atoms with Crippen LogP contribution in [0.15, 0.2) is 67.9 Å². The van der Waals surface area contributed by atoms with E-state index in [1.807, 2.05) is 0 Å². The predicted molar refractivity (Wildman–Crippen MR) is 233 cm³/mol. The van der Waals surface area contributed by atoms with E-state index >= 15 is 0 Å². The van der Waals surface area contributed by atoms with E-state index in [2.05, 4.69) is 38.1 Å². The second kappa shape index (κ2) is 16.8. The van der Waals surface area contributed by atoms with Crippen molar-refractivity contribution in [1.82, 2.24) is 0 Å². The molecule has 324 valence electrons. The number of ketones is 2. The molecule has 0 saturated heterocycles. The third kappa shape index (κ3) is 9.93. The Morgan fingerprint density at radius 3 is 1.35 bits per heavy atom. The van der Waals surface area contributed by atoms with Crippen LogP contribution in [0.5, 0.6) is 0 Å². The maximum absolute atomic E-state index is 13.0. The Morgan fingerprint density at radius 1 is 0.667 bits per heavy atom. The van der Waals surface area contributed by atoms with E-state index in [1.165, 1.54) is 83.7 Å². The molecule has 0 aliphatic heterocycles. The minimum atomic E-state index is -3.40. The number of benzene rings is 2. The van der Waals surface area contributed by atoms with Gasteiger partial charge in [0.1, 0.15) is 19.5 Å². The zero-order valence-electron chi connectivity index (χ0n) is 36.0. The van der Waals surface area contributed by atoms with Gasteiger partial charge in [-0.1, -0.05) is 38.1 Å². The lowest BCUT2D eigenvalue weighted by Crippen LogP contribution is -2.19. The summed E-state index contributed by atoms with van der Waals surface area (Å²) in [4.78, 5) is 26.0. The summed E-state index contributed by atoms with van der Waals surface area (Å²) in [5, 5.41) is 20.1. The summed E-state index contributed by atoms with van der Waals surface area (Å²) >= 11 is 0. The first-order valence-electron chi connectivity index (χ1n) is 21.6. The lowest BCUT2D eigenvalue weighted by molar-refractivity contribution is -0.116. The van der Waals surface area contributed by atoms with Crippen molar-refractivity contribution in [3.8, 4) is 0 Å². The van der Waals surface area contributed by atoms with Crippen molar-refractivity contribution in [3.05, 3.63) is 105 Å². The average molecular weight is 859 g/mol. The Kier molecular flexibility index (Phi) is 12.4. The molecular weight excluding hydrogens is 797 g/mol. The maximum atomic E-state index is 13.0. The molecule has 2 aromatic heterocycles. The summed E-state index contributed by atoms with van der Waals surface area (Å²) in [6.45, 7) is 10.9. The van der Waals surface area contributed by atoms with Crippen LogP contribution in [0.2, 0.25) is 0 Å². The molecule has 2 fully saturated rings. The van der Waals surface area contributed by atoms with Crippen molar-refractivity contribution in [1.29, 1.82) is 9.56 Å². The highest BCUT2D eigenvalue weighted by molar-refractivity contribution is 7.93. The minimum absolute atomic E-state index is 0.0437. The van der Waals surface area contributed by atoms with E-state index in [9.17, 15) is 28.2 Å². The summed E-state index contributed by atoms with van der Waals surface area (Å²) in [7, 11) is -6.80. The van der Waals surface area contributed by atoms with Crippen LogP contribution < -0.4 is 0 Å². The Balaban J connectivity index is 0.000000181. The lowest BCUT2D eigenvalue weighted by atomic mass is 9.86. The molecule has 2 heterocycles. The van der Waals surface area contributed by atoms with Gasteiger partial charge in [0.05, 0.1) is 35.2 Å². The van der Waals surface area contributed by atoms with Crippen molar-refractivity contribution in [2.24, 2.45) is 11.8 Å². The van der Waals surface area contributed by atoms with Gasteiger partial charge in [-0.3, -0.25) is 9.59 Å². The largest absolute Gasteiger partial charge is 0.454 e. The first-order valence-corrected chi connectivity index (χ1v) is 25.0. The summed E-state index contributed by atoms with van der Waals surface area (Å²) < 4.78 is 53.1. The first kappa shape index (κ1) is 44.2. The smallest absolute Gasteiger partial charge is 0.199 e. The zero-order chi connectivity index (χ0) is 43.4. The molecule has 0 unspecified atom stereocenters. The van der Waals surface area contributed by atoms with Crippen LogP contribution in [0.1, 0.15) is 148 Å². The molecule has 2 aromatic carbocycles. The molecule has 0 spiro atoms. The van der Waals surface area contributed by atoms with Gasteiger partial charge in [-0.25, -0.2) is 18.0 Å². The number of furan rings is 2. The molecule has 0 amide bonds. The van der Waals surface area contributed by atoms with Crippen LogP contribution in [0.4, 0.5) is 0 Å². The number of hydrogen-bond donors (Lipinski definition) is 4. The third-order valence-electron chi connectivity index (χ3n) is 13.2. The number of hydrogen-bond acceptors (Lipinski definition) is 10. The van der Waals surface area contributed by atoms with Crippen LogP contribution in [0, 0.1) is 21.4 Å². The second-order valence-electron chi connectivity index (χ2n) is 19.0. The number of aliphatic hydroxyl groups is 2. The standard InChI is InChI=1S/2C24H31NO4S/c2*1-15(16-7-8-16)20-10-9-17-5-4-6-21(17)22(20)12-19(26)14-30(25,28)23-11-18(13-29-23)24(2,3)27/h2*9-11,13,15-16,25,27H,4-8,12,14H2,1-3H3/t15-,30+;15-,30-/m00/s1. The molecule has 2 saturated carbocycles. The summed E-state index contributed by atoms with van der Waals surface area (Å²) in [5.41, 5.74) is 8.59. The summed E-state index contributed by atoms with van der Waals surface area (Å²) in [5.74, 6) is 1.13. The SMILES string of the molecule is C[C@H](c1ccc2c(c1CC(=O)C[S@@](=N)(=O)c1cc(C(C)(C)O)co1)CCC2)C1CC1.C[C@H](c1ccc2c(c1CC(=O)C[S@](=N)(=O)c1cc(C(C)(C)O)co1)CCC2)C1CC1. The number of carbonyl (C=O) groups is 2. The average Bonchev–Trinajstić information content (AvgIpc) is 3.86. The minimum Gasteiger partial charge on any atom is -0.454 e. The highest BCUT2D eigenvalue weighted by atomic mass is 32.2. The first-order chi connectivity index (χ1) is 28.1. The highest BCUT2D eigenvalue weighted by Gasteiger charge is 2.34. The fraction of sp³-hybridized carbons (Fsp3) is 0.542. The lowest BCUT2D eigenvalue weighted by Gasteiger charge is -2.19. The molecule has 4 aromatic rings. The fourth-order valence-electron chi connectivity index (χ4n) is 9.21. The number of carbonyl (C=O) groups excluding carboxylic acids is 2. The van der Waals surface area contributed by atoms with E-state index in [0.29, 0.717) is 34.8 Å². The molecule has 0 bridgehead atoms. The molecule has 4 aliphatic carbocycles. The number of nitrogens with one attached hydrogen (secondary N) is 2. The van der Waals surface area contributed by atoms with Gasteiger partial charge in [0, 0.05) is 36.1 Å². The molecule has 4 atom stereocenters. The van der Waals surface area contributed by atoms with Gasteiger partial charge in [-0.15, -0.1) is 0 Å². The molecule has 0 radical (unpaired) electrons. The van der Waals surface area contributed by atoms with E-state index in [1.54, 1.807) is 27.7 Å². The van der Waals surface area contributed by atoms with Crippen molar-refractivity contribution in [3.63, 3.8) is 0 Å². The van der Waals surface area contributed by atoms with E-state index in [0.717, 1.165) is 49.7 Å². The van der Waals surface area contributed by atoms with Crippen LogP contribution in [0.3, 0.4) is 0 Å². The van der Waals surface area contributed by atoms with Crippen LogP contribution >= 0.6 is 0 Å². The van der Waals surface area contributed by atoms with Crippen molar-refractivity contribution >= 4 is 31.0 Å². The Morgan fingerprint density at radius 2 is 1.03 bits per heavy atom. The summed E-state index contributed by atoms with van der Waals surface area (Å²) in [6.07, 6.45) is 14.4. The maximum Gasteiger partial charge on any atom is 0.199 e. The molecule has 10 nitrogen and oxygen atoms in total. The number of Topliss-reactive ketones (excluding diaryl/α,β-unsaturated/α-hetero) is 2. The van der Waals surface area contributed by atoms with Crippen molar-refractivity contribution in [2.75, 3.05) is 11.5 Å². The molecule has 4 aliphatic rings. The highest BCUT2D eigenvalue weighted by Crippen LogP contribution is 2.46. The van der Waals surface area contributed by atoms with Crippen molar-refractivity contribution < 1.29 is 37.1 Å². The van der Waals surface area contributed by atoms with Gasteiger partial charge in [0.15, 0.2) is 21.8 Å². The molecule has 4 N–H and O–H groups in total. The number of fused-ring (bicyclic) bond motifs is 2. The second-order valence-corrected chi connectivity index (χ2v) is 23.1. The monoisotopic (exact) mass is 858 g/mol. The fourth-order valence-corrected chi connectivity index (χ4v) is 11.6.